The molecule has 2 rings (SSSR count). The number of carbonyl (C=O) groups is 1. The van der Waals surface area contributed by atoms with Crippen molar-refractivity contribution in [3.8, 4) is 0 Å². The number of aromatic nitrogens is 2. The minimum atomic E-state index is -0.888. The summed E-state index contributed by atoms with van der Waals surface area (Å²) in [4.78, 5) is 11.4. The van der Waals surface area contributed by atoms with Gasteiger partial charge in [-0.1, -0.05) is 41.9 Å². The number of aryl methyl sites for hydroxylation is 2. The molecule has 1 unspecified atom stereocenters. The van der Waals surface area contributed by atoms with Crippen molar-refractivity contribution in [2.45, 2.75) is 19.8 Å². The van der Waals surface area contributed by atoms with Crippen LogP contribution < -0.4 is 0 Å². The van der Waals surface area contributed by atoms with E-state index in [2.05, 4.69) is 5.10 Å². The lowest BCUT2D eigenvalue weighted by Crippen LogP contribution is -2.13. The SMILES string of the molecule is Cc1nn(C)c(C(C)C(=O)O)c1C(=CCl)c1ccccc1. The molecule has 0 amide bonds. The van der Waals surface area contributed by atoms with E-state index in [0.717, 1.165) is 22.4 Å². The number of halogens is 1. The molecule has 0 saturated heterocycles. The molecule has 0 aliphatic rings. The summed E-state index contributed by atoms with van der Waals surface area (Å²) >= 11 is 6.03. The lowest BCUT2D eigenvalue weighted by Gasteiger charge is -2.13. The van der Waals surface area contributed by atoms with Crippen LogP contribution in [0.15, 0.2) is 35.9 Å². The van der Waals surface area contributed by atoms with Crippen molar-refractivity contribution in [1.82, 2.24) is 9.78 Å². The topological polar surface area (TPSA) is 55.1 Å². The lowest BCUT2D eigenvalue weighted by molar-refractivity contribution is -0.138. The molecule has 1 N–H and O–H groups in total. The van der Waals surface area contributed by atoms with E-state index >= 15 is 0 Å². The Morgan fingerprint density at radius 3 is 2.52 bits per heavy atom. The summed E-state index contributed by atoms with van der Waals surface area (Å²) in [6.07, 6.45) is 0. The van der Waals surface area contributed by atoms with Crippen LogP contribution in [0.3, 0.4) is 0 Å². The summed E-state index contributed by atoms with van der Waals surface area (Å²) in [5, 5.41) is 13.7. The number of carboxylic acid groups (broad SMARTS) is 1. The molecular formula is C16H17ClN2O2. The lowest BCUT2D eigenvalue weighted by atomic mass is 9.93. The van der Waals surface area contributed by atoms with Gasteiger partial charge in [0.05, 0.1) is 17.3 Å². The van der Waals surface area contributed by atoms with Crippen LogP contribution in [0.5, 0.6) is 0 Å². The molecule has 0 spiro atoms. The van der Waals surface area contributed by atoms with Gasteiger partial charge in [0, 0.05) is 23.7 Å². The van der Waals surface area contributed by atoms with E-state index in [1.165, 1.54) is 5.54 Å². The third-order valence-corrected chi connectivity index (χ3v) is 3.73. The van der Waals surface area contributed by atoms with Crippen molar-refractivity contribution in [2.24, 2.45) is 7.05 Å². The third-order valence-electron chi connectivity index (χ3n) is 3.51. The number of hydrogen-bond donors (Lipinski definition) is 1. The molecule has 4 nitrogen and oxygen atoms in total. The average Bonchev–Trinajstić information content (AvgIpc) is 2.75. The Bertz CT molecular complexity index is 690. The molecule has 2 aromatic rings. The number of aliphatic carboxylic acids is 1. The maximum atomic E-state index is 11.4. The summed E-state index contributed by atoms with van der Waals surface area (Å²) in [5.41, 5.74) is 5.39. The first-order valence-electron chi connectivity index (χ1n) is 6.59. The fourth-order valence-corrected chi connectivity index (χ4v) is 2.74. The zero-order valence-corrected chi connectivity index (χ0v) is 12.9. The van der Waals surface area contributed by atoms with Gasteiger partial charge in [-0.05, 0) is 19.4 Å². The predicted molar refractivity (Wildman–Crippen MR) is 83.4 cm³/mol. The average molecular weight is 305 g/mol. The molecule has 0 bridgehead atoms. The number of nitrogens with zero attached hydrogens (tertiary/aromatic N) is 2. The van der Waals surface area contributed by atoms with Gasteiger partial charge in [0.1, 0.15) is 0 Å². The molecule has 1 aromatic carbocycles. The van der Waals surface area contributed by atoms with Crippen LogP contribution in [0.1, 0.15) is 35.4 Å². The minimum Gasteiger partial charge on any atom is -0.481 e. The zero-order valence-electron chi connectivity index (χ0n) is 12.2. The van der Waals surface area contributed by atoms with Crippen LogP contribution in [-0.2, 0) is 11.8 Å². The first-order chi connectivity index (χ1) is 9.97. The molecule has 0 fully saturated rings. The van der Waals surface area contributed by atoms with Crippen LogP contribution in [0.2, 0.25) is 0 Å². The van der Waals surface area contributed by atoms with Crippen molar-refractivity contribution < 1.29 is 9.90 Å². The van der Waals surface area contributed by atoms with E-state index < -0.39 is 11.9 Å². The maximum Gasteiger partial charge on any atom is 0.312 e. The first-order valence-corrected chi connectivity index (χ1v) is 7.03. The van der Waals surface area contributed by atoms with Crippen LogP contribution in [-0.4, -0.2) is 20.9 Å². The summed E-state index contributed by atoms with van der Waals surface area (Å²) in [5.74, 6) is -1.55. The van der Waals surface area contributed by atoms with Gasteiger partial charge >= 0.3 is 5.97 Å². The van der Waals surface area contributed by atoms with Crippen molar-refractivity contribution in [3.05, 3.63) is 58.4 Å². The molecule has 0 aliphatic carbocycles. The fourth-order valence-electron chi connectivity index (χ4n) is 2.50. The molecule has 0 radical (unpaired) electrons. The standard InChI is InChI=1S/C16H17ClN2O2/c1-10(16(20)21)15-14(11(2)18-19(15)3)13(9-17)12-7-5-4-6-8-12/h4-10H,1-3H3,(H,20,21). The largest absolute Gasteiger partial charge is 0.481 e. The van der Waals surface area contributed by atoms with Crippen LogP contribution >= 0.6 is 11.6 Å². The highest BCUT2D eigenvalue weighted by molar-refractivity contribution is 6.29. The Morgan fingerprint density at radius 1 is 1.38 bits per heavy atom. The van der Waals surface area contributed by atoms with Gasteiger partial charge in [0.2, 0.25) is 0 Å². The fraction of sp³-hybridized carbons (Fsp3) is 0.250. The number of benzene rings is 1. The smallest absolute Gasteiger partial charge is 0.312 e. The molecule has 1 atom stereocenters. The Morgan fingerprint density at radius 2 is 2.00 bits per heavy atom. The van der Waals surface area contributed by atoms with Crippen LogP contribution in [0.25, 0.3) is 5.57 Å². The number of carboxylic acids is 1. The van der Waals surface area contributed by atoms with E-state index in [-0.39, 0.29) is 0 Å². The predicted octanol–water partition coefficient (Wildman–Crippen LogP) is 3.54. The monoisotopic (exact) mass is 304 g/mol. The molecule has 21 heavy (non-hydrogen) atoms. The number of hydrogen-bond acceptors (Lipinski definition) is 2. The minimum absolute atomic E-state index is 0.649. The van der Waals surface area contributed by atoms with Crippen LogP contribution in [0, 0.1) is 6.92 Å². The van der Waals surface area contributed by atoms with Crippen molar-refractivity contribution in [2.75, 3.05) is 0 Å². The maximum absolute atomic E-state index is 11.4. The second-order valence-electron chi connectivity index (χ2n) is 4.92. The summed E-state index contributed by atoms with van der Waals surface area (Å²) in [6, 6.07) is 9.64. The molecular weight excluding hydrogens is 288 g/mol. The summed E-state index contributed by atoms with van der Waals surface area (Å²) in [6.45, 7) is 3.51. The molecule has 1 aromatic heterocycles. The van der Waals surface area contributed by atoms with Gasteiger partial charge in [-0.25, -0.2) is 0 Å². The van der Waals surface area contributed by atoms with Gasteiger partial charge in [-0.3, -0.25) is 9.48 Å². The van der Waals surface area contributed by atoms with E-state index in [9.17, 15) is 9.90 Å². The molecule has 5 heteroatoms. The Hall–Kier alpha value is -2.07. The highest BCUT2D eigenvalue weighted by Gasteiger charge is 2.26. The Balaban J connectivity index is 2.66. The van der Waals surface area contributed by atoms with Crippen molar-refractivity contribution >= 4 is 23.1 Å². The summed E-state index contributed by atoms with van der Waals surface area (Å²) in [7, 11) is 1.75. The number of rotatable bonds is 4. The van der Waals surface area contributed by atoms with E-state index in [1.807, 2.05) is 37.3 Å². The quantitative estimate of drug-likeness (QED) is 0.940. The zero-order chi connectivity index (χ0) is 15.6. The van der Waals surface area contributed by atoms with Gasteiger partial charge < -0.3 is 5.11 Å². The van der Waals surface area contributed by atoms with E-state index in [4.69, 9.17) is 11.6 Å². The van der Waals surface area contributed by atoms with Gasteiger partial charge in [-0.15, -0.1) is 0 Å². The second kappa shape index (κ2) is 6.14. The molecule has 1 heterocycles. The molecule has 0 aliphatic heterocycles. The van der Waals surface area contributed by atoms with Gasteiger partial charge in [0.15, 0.2) is 0 Å². The van der Waals surface area contributed by atoms with Crippen molar-refractivity contribution in [1.29, 1.82) is 0 Å². The van der Waals surface area contributed by atoms with Gasteiger partial charge in [-0.2, -0.15) is 5.10 Å². The third kappa shape index (κ3) is 2.85. The highest BCUT2D eigenvalue weighted by Crippen LogP contribution is 2.33. The molecule has 0 saturated carbocycles. The summed E-state index contributed by atoms with van der Waals surface area (Å²) < 4.78 is 1.62. The first kappa shape index (κ1) is 15.3. The van der Waals surface area contributed by atoms with Crippen molar-refractivity contribution in [3.63, 3.8) is 0 Å². The normalized spacial score (nSPS) is 13.2. The van der Waals surface area contributed by atoms with Crippen LogP contribution in [0.4, 0.5) is 0 Å². The Labute approximate surface area is 128 Å². The Kier molecular flexibility index (Phi) is 4.48. The van der Waals surface area contributed by atoms with Gasteiger partial charge in [0.25, 0.3) is 0 Å². The molecule has 110 valence electrons. The van der Waals surface area contributed by atoms with E-state index in [0.29, 0.717) is 5.69 Å². The second-order valence-corrected chi connectivity index (χ2v) is 5.14. The van der Waals surface area contributed by atoms with E-state index in [1.54, 1.807) is 18.7 Å². The highest BCUT2D eigenvalue weighted by atomic mass is 35.5.